The van der Waals surface area contributed by atoms with E-state index in [9.17, 15) is 5.48 Å². The normalized spacial score (nSPS) is 14.0. The molecule has 2 heteroatoms. The summed E-state index contributed by atoms with van der Waals surface area (Å²) in [5.41, 5.74) is 6.30. The quantitative estimate of drug-likeness (QED) is 0.178. The number of para-hydroxylation sites is 2. The lowest BCUT2D eigenvalue weighted by Gasteiger charge is -2.20. The molecule has 9 aromatic rings. The Morgan fingerprint density at radius 3 is 1.87 bits per heavy atom. The molecule has 0 aliphatic heterocycles. The van der Waals surface area contributed by atoms with Crippen molar-refractivity contribution in [3.63, 3.8) is 0 Å². The van der Waals surface area contributed by atoms with Crippen molar-refractivity contribution in [2.75, 3.05) is 0 Å². The number of imidazole rings is 1. The third-order valence-electron chi connectivity index (χ3n) is 8.97. The van der Waals surface area contributed by atoms with Crippen molar-refractivity contribution < 1.29 is 11.0 Å². The van der Waals surface area contributed by atoms with E-state index in [2.05, 4.69) is 23.6 Å². The minimum absolute atomic E-state index is 0.190. The number of hydrogen-bond donors (Lipinski definition) is 0. The van der Waals surface area contributed by atoms with Gasteiger partial charge in [-0.1, -0.05) is 140 Å². The van der Waals surface area contributed by atoms with Crippen LogP contribution in [0.3, 0.4) is 0 Å². The van der Waals surface area contributed by atoms with Crippen molar-refractivity contribution in [3.05, 3.63) is 169 Å². The number of hydrogen-bond acceptors (Lipinski definition) is 1. The maximum absolute atomic E-state index is 9.37. The van der Waals surface area contributed by atoms with Crippen LogP contribution in [0.1, 0.15) is 23.7 Å². The highest BCUT2D eigenvalue weighted by Gasteiger charge is 2.19. The van der Waals surface area contributed by atoms with Crippen LogP contribution in [0.4, 0.5) is 0 Å². The van der Waals surface area contributed by atoms with Gasteiger partial charge in [-0.3, -0.25) is 4.57 Å². The highest BCUT2D eigenvalue weighted by atomic mass is 15.1. The van der Waals surface area contributed by atoms with Gasteiger partial charge < -0.3 is 0 Å². The predicted octanol–water partition coefficient (Wildman–Crippen LogP) is 12.0. The smallest absolute Gasteiger partial charge is 0.114 e. The molecule has 0 saturated heterocycles. The first kappa shape index (κ1) is 20.2. The van der Waals surface area contributed by atoms with Gasteiger partial charge in [0.15, 0.2) is 0 Å². The van der Waals surface area contributed by atoms with E-state index in [-0.39, 0.29) is 45.7 Å². The van der Waals surface area contributed by atoms with Gasteiger partial charge in [0.2, 0.25) is 0 Å². The van der Waals surface area contributed by atoms with E-state index in [0.717, 1.165) is 50.9 Å². The molecule has 1 aromatic heterocycles. The summed E-state index contributed by atoms with van der Waals surface area (Å²) in [5, 5.41) is 2.54. The van der Waals surface area contributed by atoms with E-state index in [1.54, 1.807) is 0 Å². The van der Waals surface area contributed by atoms with E-state index >= 15 is 0 Å². The molecule has 47 heavy (non-hydrogen) atoms. The lowest BCUT2D eigenvalue weighted by Crippen LogP contribution is -2.00. The zero-order valence-electron chi connectivity index (χ0n) is 33.6. The van der Waals surface area contributed by atoms with E-state index in [0.29, 0.717) is 22.3 Å². The molecule has 0 atom stereocenters. The fraction of sp³-hybridized carbons (Fsp3) is 0.0444. The molecule has 0 N–H and O–H groups in total. The molecule has 0 amide bonds. The van der Waals surface area contributed by atoms with Gasteiger partial charge in [0, 0.05) is 12.1 Å². The van der Waals surface area contributed by atoms with Crippen molar-refractivity contribution in [1.29, 1.82) is 0 Å². The van der Waals surface area contributed by atoms with Gasteiger partial charge in [0.05, 0.1) is 22.0 Å². The number of rotatable bonds is 5. The average molecular weight is 609 g/mol. The Morgan fingerprint density at radius 1 is 0.553 bits per heavy atom. The maximum atomic E-state index is 9.37. The summed E-state index contributed by atoms with van der Waals surface area (Å²) in [6, 6.07) is 34.2. The van der Waals surface area contributed by atoms with E-state index in [1.165, 1.54) is 0 Å². The molecule has 1 heterocycles. The number of nitrogens with zero attached hydrogens (tertiary/aromatic N) is 2. The van der Waals surface area contributed by atoms with E-state index < -0.39 is 24.2 Å². The second-order valence-corrected chi connectivity index (χ2v) is 11.6. The summed E-state index contributed by atoms with van der Waals surface area (Å²) in [6.07, 6.45) is 0.745. The molecule has 0 fully saturated rings. The van der Waals surface area contributed by atoms with Gasteiger partial charge in [0.1, 0.15) is 5.82 Å². The van der Waals surface area contributed by atoms with Crippen LogP contribution >= 0.6 is 0 Å². The van der Waals surface area contributed by atoms with Crippen LogP contribution < -0.4 is 0 Å². The van der Waals surface area contributed by atoms with E-state index in [1.807, 2.05) is 103 Å². The molecule has 0 radical (unpaired) electrons. The van der Waals surface area contributed by atoms with Gasteiger partial charge in [-0.25, -0.2) is 4.98 Å². The number of fused-ring (bicyclic) bond motifs is 4. The minimum atomic E-state index is -0.425. The molecule has 0 saturated carbocycles. The molecule has 0 unspecified atom stereocenters. The second kappa shape index (κ2) is 11.1. The molecule has 9 rings (SSSR count). The lowest BCUT2D eigenvalue weighted by molar-refractivity contribution is 0.909. The van der Waals surface area contributed by atoms with Gasteiger partial charge in [-0.15, -0.1) is 0 Å². The Kier molecular flexibility index (Phi) is 4.78. The Balaban J connectivity index is 1.41. The summed E-state index contributed by atoms with van der Waals surface area (Å²) in [6.45, 7) is 2.08. The number of aryl methyl sites for hydroxylation is 1. The van der Waals surface area contributed by atoms with Crippen LogP contribution in [0.25, 0.3) is 82.4 Å². The fourth-order valence-electron chi connectivity index (χ4n) is 6.88. The first-order chi connectivity index (χ1) is 26.6. The molecule has 222 valence electrons. The fourth-order valence-corrected chi connectivity index (χ4v) is 6.88. The minimum Gasteiger partial charge on any atom is -0.296 e. The maximum Gasteiger partial charge on any atom is 0.114 e. The zero-order valence-corrected chi connectivity index (χ0v) is 25.6. The SMILES string of the molecule is [2H]c1c([2H])c([2H])c2c(-c3ccccc3-c3ccccc3)c3c([2H])c([2H])c([2H])c([2H])c3c(-c3ccc4cc(-n5c(CC)nc6ccccc65)ccc4c3)c2c1[2H]. The topological polar surface area (TPSA) is 17.8 Å². The van der Waals surface area contributed by atoms with Crippen LogP contribution in [0.15, 0.2) is 164 Å². The molecular formula is C45H32N2. The Labute approximate surface area is 285 Å². The summed E-state index contributed by atoms with van der Waals surface area (Å²) >= 11 is 0. The highest BCUT2D eigenvalue weighted by molar-refractivity contribution is 6.22. The largest absolute Gasteiger partial charge is 0.296 e. The number of aromatic nitrogens is 2. The van der Waals surface area contributed by atoms with Crippen LogP contribution in [0.2, 0.25) is 0 Å². The third kappa shape index (κ3) is 4.45. The second-order valence-electron chi connectivity index (χ2n) is 11.6. The predicted molar refractivity (Wildman–Crippen MR) is 199 cm³/mol. The van der Waals surface area contributed by atoms with Crippen LogP contribution in [-0.2, 0) is 6.42 Å². The average Bonchev–Trinajstić information content (AvgIpc) is 3.61. The molecular weight excluding hydrogens is 569 g/mol. The molecule has 0 aliphatic carbocycles. The summed E-state index contributed by atoms with van der Waals surface area (Å²) in [5.74, 6) is 0.937. The van der Waals surface area contributed by atoms with Gasteiger partial charge in [0.25, 0.3) is 0 Å². The summed E-state index contributed by atoms with van der Waals surface area (Å²) in [4.78, 5) is 4.85. The molecule has 8 aromatic carbocycles. The van der Waals surface area contributed by atoms with Crippen LogP contribution in [0, 0.1) is 0 Å². The third-order valence-corrected chi connectivity index (χ3v) is 8.97. The van der Waals surface area contributed by atoms with Crippen molar-refractivity contribution >= 4 is 43.4 Å². The Hall–Kier alpha value is -5.99. The van der Waals surface area contributed by atoms with Crippen molar-refractivity contribution in [2.24, 2.45) is 0 Å². The summed E-state index contributed by atoms with van der Waals surface area (Å²) in [7, 11) is 0. The first-order valence-electron chi connectivity index (χ1n) is 19.7. The monoisotopic (exact) mass is 608 g/mol. The molecule has 2 nitrogen and oxygen atoms in total. The first-order valence-corrected chi connectivity index (χ1v) is 15.7. The lowest BCUT2D eigenvalue weighted by atomic mass is 9.83. The molecule has 0 spiro atoms. The van der Waals surface area contributed by atoms with Crippen molar-refractivity contribution in [2.45, 2.75) is 13.3 Å². The molecule has 0 bridgehead atoms. The molecule has 0 aliphatic rings. The van der Waals surface area contributed by atoms with Gasteiger partial charge in [-0.05, 0) is 96.0 Å². The van der Waals surface area contributed by atoms with Crippen molar-refractivity contribution in [3.8, 4) is 39.1 Å². The van der Waals surface area contributed by atoms with Gasteiger partial charge in [-0.2, -0.15) is 0 Å². The summed E-state index contributed by atoms with van der Waals surface area (Å²) < 4.78 is 74.9. The van der Waals surface area contributed by atoms with E-state index in [4.69, 9.17) is 10.5 Å². The Morgan fingerprint density at radius 2 is 1.15 bits per heavy atom. The zero-order chi connectivity index (χ0) is 38.3. The Bertz CT molecular complexity index is 2980. The van der Waals surface area contributed by atoms with Gasteiger partial charge >= 0.3 is 0 Å². The number of benzene rings is 8. The van der Waals surface area contributed by atoms with Crippen LogP contribution in [-0.4, -0.2) is 9.55 Å². The van der Waals surface area contributed by atoms with Crippen LogP contribution in [0.5, 0.6) is 0 Å². The van der Waals surface area contributed by atoms with Crippen molar-refractivity contribution in [1.82, 2.24) is 9.55 Å². The standard InChI is InChI=1S/C45H32N2/c1-2-43-46-41-22-12-13-23-42(41)47(43)34-27-26-31-28-33(25-24-32(31)29-34)44-37-18-8-10-20-39(37)45(40-21-11-9-19-38(40)44)36-17-7-6-16-35(36)30-14-4-3-5-15-30/h3-29H,2H2,1H3/i8D,9D,10D,11D,18D,19D,20D,21D. The highest BCUT2D eigenvalue weighted by Crippen LogP contribution is 2.46.